The van der Waals surface area contributed by atoms with Crippen molar-refractivity contribution in [3.63, 3.8) is 0 Å². The zero-order valence-electron chi connectivity index (χ0n) is 24.6. The van der Waals surface area contributed by atoms with Gasteiger partial charge in [-0.1, -0.05) is 109 Å². The Morgan fingerprint density at radius 3 is 2.05 bits per heavy atom. The standard InChI is InChI=1S/C38H42N2OS/c1-31(33-15-5-2-6-16-33)40(30-38(34-17-7-3-8-18-34)35-19-9-4-10-20-35)25-13-26-41-36-21-11-14-32(28-36)23-24-39-29-37-22-12-27-42-37/h2-12,14-22,27-28,31,38-39H,13,23-26,29-30H2,1H3. The lowest BCUT2D eigenvalue weighted by molar-refractivity contribution is 0.184. The molecule has 0 aliphatic heterocycles. The van der Waals surface area contributed by atoms with E-state index in [-0.39, 0.29) is 0 Å². The highest BCUT2D eigenvalue weighted by molar-refractivity contribution is 7.09. The van der Waals surface area contributed by atoms with Crippen molar-refractivity contribution in [2.45, 2.75) is 38.3 Å². The Morgan fingerprint density at radius 2 is 1.40 bits per heavy atom. The van der Waals surface area contributed by atoms with E-state index in [1.807, 2.05) is 0 Å². The van der Waals surface area contributed by atoms with Crippen molar-refractivity contribution < 1.29 is 4.74 Å². The Balaban J connectivity index is 1.20. The van der Waals surface area contributed by atoms with Gasteiger partial charge in [0, 0.05) is 36.5 Å². The summed E-state index contributed by atoms with van der Waals surface area (Å²) in [5.74, 6) is 1.25. The van der Waals surface area contributed by atoms with Crippen molar-refractivity contribution in [2.24, 2.45) is 0 Å². The van der Waals surface area contributed by atoms with Crippen LogP contribution in [0.15, 0.2) is 133 Å². The Bertz CT molecular complexity index is 1380. The molecule has 3 nitrogen and oxygen atoms in total. The van der Waals surface area contributed by atoms with Crippen LogP contribution in [-0.2, 0) is 13.0 Å². The summed E-state index contributed by atoms with van der Waals surface area (Å²) in [6.45, 7) is 6.81. The third-order valence-electron chi connectivity index (χ3n) is 7.88. The maximum Gasteiger partial charge on any atom is 0.119 e. The number of hydrogen-bond donors (Lipinski definition) is 1. The van der Waals surface area contributed by atoms with Gasteiger partial charge in [-0.05, 0) is 72.1 Å². The molecule has 0 radical (unpaired) electrons. The molecule has 0 aliphatic rings. The van der Waals surface area contributed by atoms with Gasteiger partial charge in [-0.2, -0.15) is 0 Å². The Hall–Kier alpha value is -3.70. The normalized spacial score (nSPS) is 12.1. The first kappa shape index (κ1) is 29.8. The average molecular weight is 575 g/mol. The van der Waals surface area contributed by atoms with Crippen LogP contribution in [0.25, 0.3) is 0 Å². The monoisotopic (exact) mass is 574 g/mol. The van der Waals surface area contributed by atoms with Crippen LogP contribution in [0, 0.1) is 0 Å². The molecule has 5 rings (SSSR count). The van der Waals surface area contributed by atoms with Crippen molar-refractivity contribution in [2.75, 3.05) is 26.2 Å². The molecule has 216 valence electrons. The Morgan fingerprint density at radius 1 is 0.738 bits per heavy atom. The summed E-state index contributed by atoms with van der Waals surface area (Å²) < 4.78 is 6.28. The lowest BCUT2D eigenvalue weighted by atomic mass is 9.90. The molecule has 1 aromatic heterocycles. The second-order valence-corrected chi connectivity index (χ2v) is 11.8. The van der Waals surface area contributed by atoms with Crippen LogP contribution in [0.1, 0.15) is 52.4 Å². The SMILES string of the molecule is CC(c1ccccc1)N(CCCOc1cccc(CCNCc2cccs2)c1)CC(c1ccccc1)c1ccccc1. The summed E-state index contributed by atoms with van der Waals surface area (Å²) in [5.41, 5.74) is 5.36. The molecule has 0 bridgehead atoms. The molecule has 5 aromatic rings. The topological polar surface area (TPSA) is 24.5 Å². The minimum atomic E-state index is 0.296. The summed E-state index contributed by atoms with van der Waals surface area (Å²) >= 11 is 1.80. The minimum absolute atomic E-state index is 0.296. The van der Waals surface area contributed by atoms with Gasteiger partial charge in [-0.15, -0.1) is 11.3 Å². The summed E-state index contributed by atoms with van der Waals surface area (Å²) in [7, 11) is 0. The molecule has 4 aromatic carbocycles. The number of hydrogen-bond acceptors (Lipinski definition) is 4. The van der Waals surface area contributed by atoms with E-state index in [0.29, 0.717) is 18.6 Å². The first-order chi connectivity index (χ1) is 20.8. The number of benzene rings is 4. The highest BCUT2D eigenvalue weighted by Gasteiger charge is 2.22. The molecular weight excluding hydrogens is 532 g/mol. The van der Waals surface area contributed by atoms with E-state index in [0.717, 1.165) is 44.8 Å². The predicted molar refractivity (Wildman–Crippen MR) is 177 cm³/mol. The first-order valence-corrected chi connectivity index (χ1v) is 16.0. The third-order valence-corrected chi connectivity index (χ3v) is 8.75. The van der Waals surface area contributed by atoms with Crippen LogP contribution in [-0.4, -0.2) is 31.1 Å². The molecular formula is C38H42N2OS. The van der Waals surface area contributed by atoms with E-state index in [1.54, 1.807) is 11.3 Å². The van der Waals surface area contributed by atoms with E-state index in [2.05, 4.69) is 150 Å². The maximum atomic E-state index is 6.28. The number of nitrogens with one attached hydrogen (secondary N) is 1. The Kier molecular flexibility index (Phi) is 11.4. The van der Waals surface area contributed by atoms with Gasteiger partial charge in [-0.25, -0.2) is 0 Å². The number of rotatable bonds is 16. The highest BCUT2D eigenvalue weighted by Crippen LogP contribution is 2.30. The van der Waals surface area contributed by atoms with Crippen molar-refractivity contribution in [1.29, 1.82) is 0 Å². The van der Waals surface area contributed by atoms with Crippen LogP contribution in [0.3, 0.4) is 0 Å². The van der Waals surface area contributed by atoms with Crippen LogP contribution in [0.5, 0.6) is 5.75 Å². The molecule has 42 heavy (non-hydrogen) atoms. The minimum Gasteiger partial charge on any atom is -0.494 e. The summed E-state index contributed by atoms with van der Waals surface area (Å²) in [4.78, 5) is 4.00. The van der Waals surface area contributed by atoms with Gasteiger partial charge >= 0.3 is 0 Å². The zero-order valence-corrected chi connectivity index (χ0v) is 25.4. The van der Waals surface area contributed by atoms with E-state index >= 15 is 0 Å². The molecule has 1 N–H and O–H groups in total. The summed E-state index contributed by atoms with van der Waals surface area (Å²) in [6.07, 6.45) is 1.95. The van der Waals surface area contributed by atoms with Crippen molar-refractivity contribution >= 4 is 11.3 Å². The molecule has 0 saturated carbocycles. The number of thiophene rings is 1. The molecule has 0 saturated heterocycles. The largest absolute Gasteiger partial charge is 0.494 e. The first-order valence-electron chi connectivity index (χ1n) is 15.1. The molecule has 1 atom stereocenters. The van der Waals surface area contributed by atoms with Crippen LogP contribution < -0.4 is 10.1 Å². The average Bonchev–Trinajstić information content (AvgIpc) is 3.58. The molecule has 0 fully saturated rings. The summed E-state index contributed by atoms with van der Waals surface area (Å²) in [6, 6.07) is 45.9. The van der Waals surface area contributed by atoms with Crippen LogP contribution in [0.4, 0.5) is 0 Å². The quantitative estimate of drug-likeness (QED) is 0.119. The van der Waals surface area contributed by atoms with Crippen molar-refractivity contribution in [3.05, 3.63) is 160 Å². The molecule has 0 aliphatic carbocycles. The van der Waals surface area contributed by atoms with Crippen molar-refractivity contribution in [1.82, 2.24) is 10.2 Å². The second-order valence-electron chi connectivity index (χ2n) is 10.8. The molecule has 1 heterocycles. The molecule has 0 spiro atoms. The zero-order chi connectivity index (χ0) is 28.8. The second kappa shape index (κ2) is 16.1. The fourth-order valence-electron chi connectivity index (χ4n) is 5.50. The van der Waals surface area contributed by atoms with Crippen LogP contribution >= 0.6 is 11.3 Å². The molecule has 0 amide bonds. The van der Waals surface area contributed by atoms with E-state index < -0.39 is 0 Å². The predicted octanol–water partition coefficient (Wildman–Crippen LogP) is 8.74. The summed E-state index contributed by atoms with van der Waals surface area (Å²) in [5, 5.41) is 5.68. The van der Waals surface area contributed by atoms with Gasteiger partial charge in [0.05, 0.1) is 6.61 Å². The van der Waals surface area contributed by atoms with Gasteiger partial charge in [0.2, 0.25) is 0 Å². The van der Waals surface area contributed by atoms with E-state index in [9.17, 15) is 0 Å². The lowest BCUT2D eigenvalue weighted by Crippen LogP contribution is -2.33. The van der Waals surface area contributed by atoms with Gasteiger partial charge in [0.25, 0.3) is 0 Å². The van der Waals surface area contributed by atoms with Crippen molar-refractivity contribution in [3.8, 4) is 5.75 Å². The van der Waals surface area contributed by atoms with Gasteiger partial charge in [0.15, 0.2) is 0 Å². The van der Waals surface area contributed by atoms with Gasteiger partial charge in [0.1, 0.15) is 5.75 Å². The molecule has 4 heteroatoms. The molecule has 1 unspecified atom stereocenters. The fourth-order valence-corrected chi connectivity index (χ4v) is 6.17. The highest BCUT2D eigenvalue weighted by atomic mass is 32.1. The van der Waals surface area contributed by atoms with E-state index in [4.69, 9.17) is 4.74 Å². The maximum absolute atomic E-state index is 6.28. The number of nitrogens with zero attached hydrogens (tertiary/aromatic N) is 1. The fraction of sp³-hybridized carbons (Fsp3) is 0.263. The van der Waals surface area contributed by atoms with E-state index in [1.165, 1.54) is 27.1 Å². The van der Waals surface area contributed by atoms with Crippen LogP contribution in [0.2, 0.25) is 0 Å². The lowest BCUT2D eigenvalue weighted by Gasteiger charge is -2.33. The third kappa shape index (κ3) is 8.90. The Labute approximate surface area is 255 Å². The smallest absolute Gasteiger partial charge is 0.119 e. The number of ether oxygens (including phenoxy) is 1. The van der Waals surface area contributed by atoms with Gasteiger partial charge < -0.3 is 10.1 Å². The van der Waals surface area contributed by atoms with Gasteiger partial charge in [-0.3, -0.25) is 4.90 Å².